The second-order valence-corrected chi connectivity index (χ2v) is 7.23. The standard InChI is InChI=1S/C10H14ClN3O3S2/c1-6(5-7(2)15)13-19(16,17)9-8(11)12-10-14(9)3-4-18-10/h3-4,6-7,13,15H,5H2,1-2H3. The van der Waals surface area contributed by atoms with Crippen LogP contribution in [0.1, 0.15) is 20.3 Å². The highest BCUT2D eigenvalue weighted by atomic mass is 35.5. The molecule has 0 aromatic carbocycles. The Kier molecular flexibility index (Phi) is 4.17. The van der Waals surface area contributed by atoms with Crippen molar-refractivity contribution in [2.24, 2.45) is 0 Å². The molecule has 106 valence electrons. The zero-order valence-corrected chi connectivity index (χ0v) is 12.8. The van der Waals surface area contributed by atoms with Crippen molar-refractivity contribution in [3.8, 4) is 0 Å². The summed E-state index contributed by atoms with van der Waals surface area (Å²) >= 11 is 7.19. The van der Waals surface area contributed by atoms with Crippen LogP contribution in [0.5, 0.6) is 0 Å². The van der Waals surface area contributed by atoms with Crippen LogP contribution in [0.15, 0.2) is 16.6 Å². The van der Waals surface area contributed by atoms with Crippen molar-refractivity contribution >= 4 is 37.9 Å². The van der Waals surface area contributed by atoms with E-state index in [9.17, 15) is 13.5 Å². The topological polar surface area (TPSA) is 83.7 Å². The molecule has 6 nitrogen and oxygen atoms in total. The summed E-state index contributed by atoms with van der Waals surface area (Å²) < 4.78 is 28.5. The van der Waals surface area contributed by atoms with E-state index in [4.69, 9.17) is 11.6 Å². The number of nitrogens with zero attached hydrogens (tertiary/aromatic N) is 2. The second-order valence-electron chi connectivity index (χ2n) is 4.37. The van der Waals surface area contributed by atoms with Gasteiger partial charge in [0.2, 0.25) is 0 Å². The molecule has 0 aliphatic carbocycles. The Hall–Kier alpha value is -0.670. The van der Waals surface area contributed by atoms with Gasteiger partial charge in [0, 0.05) is 17.6 Å². The molecule has 0 saturated carbocycles. The molecule has 0 fully saturated rings. The fraction of sp³-hybridized carbons (Fsp3) is 0.500. The van der Waals surface area contributed by atoms with Crippen LogP contribution in [0, 0.1) is 0 Å². The lowest BCUT2D eigenvalue weighted by Crippen LogP contribution is -2.35. The SMILES string of the molecule is CC(O)CC(C)NS(=O)(=O)c1c(Cl)nc2sccn12. The smallest absolute Gasteiger partial charge is 0.260 e. The van der Waals surface area contributed by atoms with E-state index in [-0.39, 0.29) is 10.2 Å². The van der Waals surface area contributed by atoms with Gasteiger partial charge in [-0.3, -0.25) is 4.40 Å². The summed E-state index contributed by atoms with van der Waals surface area (Å²) in [4.78, 5) is 4.51. The van der Waals surface area contributed by atoms with Crippen LogP contribution >= 0.6 is 22.9 Å². The van der Waals surface area contributed by atoms with Gasteiger partial charge in [-0.2, -0.15) is 0 Å². The molecule has 0 aliphatic heterocycles. The summed E-state index contributed by atoms with van der Waals surface area (Å²) in [5.41, 5.74) is 0. The third-order valence-electron chi connectivity index (χ3n) is 2.48. The van der Waals surface area contributed by atoms with Crippen molar-refractivity contribution in [2.45, 2.75) is 37.4 Å². The predicted molar refractivity (Wildman–Crippen MR) is 74.2 cm³/mol. The molecule has 2 atom stereocenters. The first kappa shape index (κ1) is 14.7. The molecule has 2 aromatic rings. The molecule has 0 bridgehead atoms. The van der Waals surface area contributed by atoms with Gasteiger partial charge in [0.25, 0.3) is 10.0 Å². The highest BCUT2D eigenvalue weighted by Gasteiger charge is 2.26. The molecule has 2 unspecified atom stereocenters. The molecule has 2 aromatic heterocycles. The third kappa shape index (κ3) is 3.09. The van der Waals surface area contributed by atoms with Gasteiger partial charge in [-0.25, -0.2) is 18.1 Å². The van der Waals surface area contributed by atoms with Crippen LogP contribution in [0.2, 0.25) is 5.15 Å². The van der Waals surface area contributed by atoms with E-state index in [1.165, 1.54) is 15.7 Å². The van der Waals surface area contributed by atoms with E-state index < -0.39 is 22.2 Å². The van der Waals surface area contributed by atoms with Crippen molar-refractivity contribution in [2.75, 3.05) is 0 Å². The number of hydrogen-bond acceptors (Lipinski definition) is 5. The van der Waals surface area contributed by atoms with Crippen molar-refractivity contribution in [1.29, 1.82) is 0 Å². The zero-order valence-electron chi connectivity index (χ0n) is 10.4. The first-order chi connectivity index (χ1) is 8.81. The molecular formula is C10H14ClN3O3S2. The van der Waals surface area contributed by atoms with E-state index in [1.807, 2.05) is 0 Å². The summed E-state index contributed by atoms with van der Waals surface area (Å²) in [7, 11) is -3.77. The van der Waals surface area contributed by atoms with E-state index >= 15 is 0 Å². The average molecular weight is 324 g/mol. The van der Waals surface area contributed by atoms with Gasteiger partial charge in [-0.1, -0.05) is 11.6 Å². The van der Waals surface area contributed by atoms with Crippen LogP contribution < -0.4 is 4.72 Å². The summed E-state index contributed by atoms with van der Waals surface area (Å²) in [6, 6.07) is -0.398. The molecule has 0 aliphatic rings. The molecule has 0 spiro atoms. The van der Waals surface area contributed by atoms with Crippen LogP contribution in [-0.4, -0.2) is 35.1 Å². The minimum atomic E-state index is -3.77. The molecule has 2 rings (SSSR count). The molecule has 0 amide bonds. The first-order valence-corrected chi connectivity index (χ1v) is 8.37. The van der Waals surface area contributed by atoms with Gasteiger partial charge >= 0.3 is 0 Å². The maximum absolute atomic E-state index is 12.3. The van der Waals surface area contributed by atoms with Gasteiger partial charge in [-0.15, -0.1) is 11.3 Å². The number of halogens is 1. The van der Waals surface area contributed by atoms with Crippen LogP contribution in [0.4, 0.5) is 0 Å². The van der Waals surface area contributed by atoms with Gasteiger partial charge in [0.15, 0.2) is 15.1 Å². The number of fused-ring (bicyclic) bond motifs is 1. The van der Waals surface area contributed by atoms with E-state index in [0.717, 1.165) is 0 Å². The maximum Gasteiger partial charge on any atom is 0.260 e. The van der Waals surface area contributed by atoms with Gasteiger partial charge < -0.3 is 5.11 Å². The Bertz CT molecular complexity index is 677. The Balaban J connectivity index is 2.34. The largest absolute Gasteiger partial charge is 0.393 e. The summed E-state index contributed by atoms with van der Waals surface area (Å²) in [6.45, 7) is 3.29. The molecule has 2 heterocycles. The highest BCUT2D eigenvalue weighted by molar-refractivity contribution is 7.89. The minimum Gasteiger partial charge on any atom is -0.393 e. The number of sulfonamides is 1. The highest BCUT2D eigenvalue weighted by Crippen LogP contribution is 2.25. The van der Waals surface area contributed by atoms with E-state index in [1.54, 1.807) is 25.4 Å². The number of imidazole rings is 1. The van der Waals surface area contributed by atoms with Crippen LogP contribution in [0.3, 0.4) is 0 Å². The van der Waals surface area contributed by atoms with Crippen LogP contribution in [-0.2, 0) is 10.0 Å². The number of hydrogen-bond donors (Lipinski definition) is 2. The minimum absolute atomic E-state index is 0.0522. The lowest BCUT2D eigenvalue weighted by molar-refractivity contribution is 0.175. The molecule has 9 heteroatoms. The number of thiazole rings is 1. The van der Waals surface area contributed by atoms with E-state index in [0.29, 0.717) is 11.4 Å². The number of aromatic nitrogens is 2. The Morgan fingerprint density at radius 3 is 2.89 bits per heavy atom. The lowest BCUT2D eigenvalue weighted by atomic mass is 10.2. The summed E-state index contributed by atoms with van der Waals surface area (Å²) in [6.07, 6.45) is 1.34. The van der Waals surface area contributed by atoms with Gasteiger partial charge in [0.1, 0.15) is 0 Å². The van der Waals surface area contributed by atoms with Crippen molar-refractivity contribution in [3.05, 3.63) is 16.7 Å². The van der Waals surface area contributed by atoms with Gasteiger partial charge in [0.05, 0.1) is 6.10 Å². The maximum atomic E-state index is 12.3. The number of aliphatic hydroxyl groups is 1. The molecule has 19 heavy (non-hydrogen) atoms. The fourth-order valence-electron chi connectivity index (χ4n) is 1.86. The van der Waals surface area contributed by atoms with Crippen molar-refractivity contribution < 1.29 is 13.5 Å². The summed E-state index contributed by atoms with van der Waals surface area (Å²) in [5.74, 6) is 0. The number of rotatable bonds is 5. The van der Waals surface area contributed by atoms with Gasteiger partial charge in [-0.05, 0) is 20.3 Å². The van der Waals surface area contributed by atoms with Crippen molar-refractivity contribution in [3.63, 3.8) is 0 Å². The molecule has 2 N–H and O–H groups in total. The molecular weight excluding hydrogens is 310 g/mol. The second kappa shape index (κ2) is 5.37. The predicted octanol–water partition coefficient (Wildman–Crippen LogP) is 1.49. The number of nitrogens with one attached hydrogen (secondary N) is 1. The Labute approximate surface area is 120 Å². The monoisotopic (exact) mass is 323 g/mol. The Morgan fingerprint density at radius 2 is 2.26 bits per heavy atom. The van der Waals surface area contributed by atoms with Crippen molar-refractivity contribution in [1.82, 2.24) is 14.1 Å². The summed E-state index contributed by atoms with van der Waals surface area (Å²) in [5, 5.41) is 10.9. The first-order valence-electron chi connectivity index (χ1n) is 5.62. The fourth-order valence-corrected chi connectivity index (χ4v) is 4.57. The van der Waals surface area contributed by atoms with E-state index in [2.05, 4.69) is 9.71 Å². The third-order valence-corrected chi connectivity index (χ3v) is 5.23. The normalized spacial score (nSPS) is 15.8. The lowest BCUT2D eigenvalue weighted by Gasteiger charge is -2.15. The Morgan fingerprint density at radius 1 is 1.58 bits per heavy atom. The molecule has 0 radical (unpaired) electrons. The van der Waals surface area contributed by atoms with Crippen LogP contribution in [0.25, 0.3) is 4.96 Å². The zero-order chi connectivity index (χ0) is 14.2. The number of aliphatic hydroxyl groups excluding tert-OH is 1. The molecule has 0 saturated heterocycles. The quantitative estimate of drug-likeness (QED) is 0.873. The average Bonchev–Trinajstić information content (AvgIpc) is 2.72.